The third-order valence-electron chi connectivity index (χ3n) is 2.41. The van der Waals surface area contributed by atoms with Crippen LogP contribution in [0.25, 0.3) is 11.1 Å². The minimum Gasteiger partial charge on any atom is -0.478 e. The average Bonchev–Trinajstić information content (AvgIpc) is 2.33. The van der Waals surface area contributed by atoms with Crippen LogP contribution >= 0.6 is 0 Å². The first kappa shape index (κ1) is 12.0. The summed E-state index contributed by atoms with van der Waals surface area (Å²) in [5.74, 6) is -3.41. The molecule has 0 aliphatic rings. The first-order valence-corrected chi connectivity index (χ1v) is 4.94. The van der Waals surface area contributed by atoms with E-state index in [4.69, 9.17) is 10.8 Å². The largest absolute Gasteiger partial charge is 0.478 e. The lowest BCUT2D eigenvalue weighted by atomic mass is 10.0. The SMILES string of the molecule is Nc1ncc(C(=O)O)cc1-c1cccc(F)c1F. The second-order valence-corrected chi connectivity index (χ2v) is 3.56. The van der Waals surface area contributed by atoms with Crippen molar-refractivity contribution in [2.75, 3.05) is 5.73 Å². The van der Waals surface area contributed by atoms with Crippen molar-refractivity contribution in [3.05, 3.63) is 47.7 Å². The Morgan fingerprint density at radius 1 is 1.28 bits per heavy atom. The molecular formula is C12H8F2N2O2. The van der Waals surface area contributed by atoms with Gasteiger partial charge in [-0.1, -0.05) is 12.1 Å². The highest BCUT2D eigenvalue weighted by molar-refractivity contribution is 5.90. The molecule has 3 N–H and O–H groups in total. The van der Waals surface area contributed by atoms with Gasteiger partial charge in [-0.2, -0.15) is 0 Å². The maximum Gasteiger partial charge on any atom is 0.337 e. The maximum absolute atomic E-state index is 13.6. The van der Waals surface area contributed by atoms with E-state index in [1.54, 1.807) is 0 Å². The van der Waals surface area contributed by atoms with Crippen LogP contribution in [-0.4, -0.2) is 16.1 Å². The number of nitrogens with two attached hydrogens (primary N) is 1. The number of benzene rings is 1. The average molecular weight is 250 g/mol. The number of nitrogen functional groups attached to an aromatic ring is 1. The van der Waals surface area contributed by atoms with Crippen LogP contribution in [0.2, 0.25) is 0 Å². The van der Waals surface area contributed by atoms with Crippen molar-refractivity contribution in [2.45, 2.75) is 0 Å². The summed E-state index contributed by atoms with van der Waals surface area (Å²) in [4.78, 5) is 14.5. The van der Waals surface area contributed by atoms with Gasteiger partial charge in [0.15, 0.2) is 11.6 Å². The zero-order chi connectivity index (χ0) is 13.3. The fraction of sp³-hybridized carbons (Fsp3) is 0. The van der Waals surface area contributed by atoms with Gasteiger partial charge in [0.25, 0.3) is 0 Å². The van der Waals surface area contributed by atoms with E-state index in [9.17, 15) is 13.6 Å². The van der Waals surface area contributed by atoms with E-state index < -0.39 is 17.6 Å². The van der Waals surface area contributed by atoms with E-state index in [0.717, 1.165) is 18.3 Å². The minimum absolute atomic E-state index is 0.0481. The zero-order valence-corrected chi connectivity index (χ0v) is 9.02. The molecule has 92 valence electrons. The smallest absolute Gasteiger partial charge is 0.337 e. The van der Waals surface area contributed by atoms with Crippen molar-refractivity contribution in [3.63, 3.8) is 0 Å². The Kier molecular flexibility index (Phi) is 2.93. The van der Waals surface area contributed by atoms with E-state index in [0.29, 0.717) is 0 Å². The van der Waals surface area contributed by atoms with Gasteiger partial charge in [0.2, 0.25) is 0 Å². The molecule has 0 saturated carbocycles. The van der Waals surface area contributed by atoms with E-state index >= 15 is 0 Å². The lowest BCUT2D eigenvalue weighted by Crippen LogP contribution is -2.02. The van der Waals surface area contributed by atoms with Crippen molar-refractivity contribution in [1.82, 2.24) is 4.98 Å². The van der Waals surface area contributed by atoms with E-state index in [-0.39, 0.29) is 22.5 Å². The molecule has 0 fully saturated rings. The summed E-state index contributed by atoms with van der Waals surface area (Å²) in [7, 11) is 0. The van der Waals surface area contributed by atoms with Gasteiger partial charge in [-0.15, -0.1) is 0 Å². The highest BCUT2D eigenvalue weighted by Crippen LogP contribution is 2.28. The van der Waals surface area contributed by atoms with Crippen LogP contribution in [0.5, 0.6) is 0 Å². The minimum atomic E-state index is -1.22. The van der Waals surface area contributed by atoms with Crippen molar-refractivity contribution < 1.29 is 18.7 Å². The van der Waals surface area contributed by atoms with Crippen LogP contribution in [-0.2, 0) is 0 Å². The normalized spacial score (nSPS) is 10.3. The summed E-state index contributed by atoms with van der Waals surface area (Å²) in [6.07, 6.45) is 1.05. The Morgan fingerprint density at radius 2 is 2.00 bits per heavy atom. The molecule has 2 rings (SSSR count). The highest BCUT2D eigenvalue weighted by atomic mass is 19.2. The Balaban J connectivity index is 2.66. The molecule has 2 aromatic rings. The summed E-state index contributed by atoms with van der Waals surface area (Å²) in [5.41, 5.74) is 5.32. The summed E-state index contributed by atoms with van der Waals surface area (Å²) >= 11 is 0. The van der Waals surface area contributed by atoms with E-state index in [1.807, 2.05) is 0 Å². The Morgan fingerprint density at radius 3 is 2.67 bits per heavy atom. The topological polar surface area (TPSA) is 76.2 Å². The second-order valence-electron chi connectivity index (χ2n) is 3.56. The Bertz CT molecular complexity index is 629. The fourth-order valence-electron chi connectivity index (χ4n) is 1.52. The number of aromatic nitrogens is 1. The molecule has 0 aliphatic carbocycles. The first-order chi connectivity index (χ1) is 8.50. The van der Waals surface area contributed by atoms with Gasteiger partial charge in [-0.3, -0.25) is 0 Å². The molecule has 6 heteroatoms. The molecule has 1 heterocycles. The van der Waals surface area contributed by atoms with Crippen LogP contribution < -0.4 is 5.73 Å². The quantitative estimate of drug-likeness (QED) is 0.857. The molecule has 0 amide bonds. The fourth-order valence-corrected chi connectivity index (χ4v) is 1.52. The van der Waals surface area contributed by atoms with Crippen LogP contribution in [0.15, 0.2) is 30.5 Å². The monoisotopic (exact) mass is 250 g/mol. The summed E-state index contributed by atoms with van der Waals surface area (Å²) in [5, 5.41) is 8.82. The number of anilines is 1. The highest BCUT2D eigenvalue weighted by Gasteiger charge is 2.15. The molecule has 4 nitrogen and oxygen atoms in total. The molecule has 0 saturated heterocycles. The number of halogens is 2. The van der Waals surface area contributed by atoms with Crippen molar-refractivity contribution in [1.29, 1.82) is 0 Å². The summed E-state index contributed by atoms with van der Waals surface area (Å²) in [6, 6.07) is 4.73. The predicted molar refractivity (Wildman–Crippen MR) is 61.0 cm³/mol. The number of carbonyl (C=O) groups is 1. The number of rotatable bonds is 2. The summed E-state index contributed by atoms with van der Waals surface area (Å²) < 4.78 is 26.7. The summed E-state index contributed by atoms with van der Waals surface area (Å²) in [6.45, 7) is 0. The van der Waals surface area contributed by atoms with Gasteiger partial charge in [0, 0.05) is 17.3 Å². The lowest BCUT2D eigenvalue weighted by Gasteiger charge is -2.07. The van der Waals surface area contributed by atoms with E-state index in [2.05, 4.69) is 4.98 Å². The van der Waals surface area contributed by atoms with E-state index in [1.165, 1.54) is 12.1 Å². The molecule has 0 radical (unpaired) electrons. The molecule has 0 atom stereocenters. The molecule has 0 unspecified atom stereocenters. The molecule has 0 spiro atoms. The third-order valence-corrected chi connectivity index (χ3v) is 2.41. The van der Waals surface area contributed by atoms with Gasteiger partial charge in [0.1, 0.15) is 5.82 Å². The lowest BCUT2D eigenvalue weighted by molar-refractivity contribution is 0.0696. The predicted octanol–water partition coefficient (Wildman–Crippen LogP) is 2.31. The number of pyridine rings is 1. The van der Waals surface area contributed by atoms with Crippen LogP contribution in [0, 0.1) is 11.6 Å². The number of nitrogens with zero attached hydrogens (tertiary/aromatic N) is 1. The zero-order valence-electron chi connectivity index (χ0n) is 9.02. The van der Waals surface area contributed by atoms with Gasteiger partial charge in [-0.05, 0) is 12.1 Å². The molecule has 0 bridgehead atoms. The number of hydrogen-bond donors (Lipinski definition) is 2. The van der Waals surface area contributed by atoms with Crippen molar-refractivity contribution in [2.24, 2.45) is 0 Å². The molecule has 0 aliphatic heterocycles. The van der Waals surface area contributed by atoms with Crippen molar-refractivity contribution in [3.8, 4) is 11.1 Å². The third kappa shape index (κ3) is 2.00. The maximum atomic E-state index is 13.6. The molecule has 18 heavy (non-hydrogen) atoms. The van der Waals surface area contributed by atoms with Crippen LogP contribution in [0.4, 0.5) is 14.6 Å². The molecule has 1 aromatic carbocycles. The van der Waals surface area contributed by atoms with Gasteiger partial charge < -0.3 is 10.8 Å². The Labute approximate surface area is 101 Å². The second kappa shape index (κ2) is 4.40. The number of carboxylic acids is 1. The Hall–Kier alpha value is -2.50. The van der Waals surface area contributed by atoms with Gasteiger partial charge in [0.05, 0.1) is 5.56 Å². The number of carboxylic acid groups (broad SMARTS) is 1. The van der Waals surface area contributed by atoms with Crippen LogP contribution in [0.1, 0.15) is 10.4 Å². The standard InChI is InChI=1S/C12H8F2N2O2/c13-9-3-1-2-7(10(9)14)8-4-6(12(17)18)5-16-11(8)15/h1-5H,(H2,15,16)(H,17,18). The van der Waals surface area contributed by atoms with Gasteiger partial charge in [-0.25, -0.2) is 18.6 Å². The number of aromatic carboxylic acids is 1. The molecular weight excluding hydrogens is 242 g/mol. The van der Waals surface area contributed by atoms with Crippen LogP contribution in [0.3, 0.4) is 0 Å². The van der Waals surface area contributed by atoms with Crippen molar-refractivity contribution >= 4 is 11.8 Å². The van der Waals surface area contributed by atoms with Gasteiger partial charge >= 0.3 is 5.97 Å². The number of hydrogen-bond acceptors (Lipinski definition) is 3. The molecule has 1 aromatic heterocycles. The first-order valence-electron chi connectivity index (χ1n) is 4.94.